The zero-order chi connectivity index (χ0) is 29.2. The molecule has 1 fully saturated rings. The molecule has 0 radical (unpaired) electrons. The molecule has 16 heteroatoms. The second-order valence-corrected chi connectivity index (χ2v) is 13.3. The number of hydrogen-bond acceptors (Lipinski definition) is 2. The molecule has 210 valence electrons. The Morgan fingerprint density at radius 3 is 2.13 bits per heavy atom. The van der Waals surface area contributed by atoms with Crippen LogP contribution in [0.1, 0.15) is 21.8 Å². The zero-order valence-corrected chi connectivity index (χ0v) is 22.6. The second-order valence-electron chi connectivity index (χ2n) is 8.58. The third kappa shape index (κ3) is 6.35. The maximum Gasteiger partial charge on any atom is 0.310 e. The SMILES string of the molecule is O=C(Nc1ccc(F)cc1F)c1cc(NC(=O)[C@H]2[C@H](c3cc(Cl)cc(S(F)(F)(F)(F)F)c3)C2(Cl)Cl)ccc1Cl. The van der Waals surface area contributed by atoms with E-state index in [4.69, 9.17) is 46.4 Å². The predicted molar refractivity (Wildman–Crippen MR) is 138 cm³/mol. The zero-order valence-electron chi connectivity index (χ0n) is 18.7. The molecule has 3 aromatic rings. The Hall–Kier alpha value is -2.38. The number of anilines is 2. The minimum Gasteiger partial charge on any atom is -0.326 e. The van der Waals surface area contributed by atoms with Gasteiger partial charge in [-0.15, -0.1) is 23.2 Å². The number of benzene rings is 3. The lowest BCUT2D eigenvalue weighted by atomic mass is 10.1. The van der Waals surface area contributed by atoms with E-state index in [1.54, 1.807) is 0 Å². The molecular formula is C23H13Cl4F7N2O2S. The normalized spacial score (nSPS) is 20.0. The van der Waals surface area contributed by atoms with E-state index in [9.17, 15) is 37.8 Å². The van der Waals surface area contributed by atoms with Crippen LogP contribution >= 0.6 is 56.6 Å². The molecule has 2 amide bonds. The highest BCUT2D eigenvalue weighted by atomic mass is 35.5. The lowest BCUT2D eigenvalue weighted by molar-refractivity contribution is -0.117. The van der Waals surface area contributed by atoms with Crippen LogP contribution < -0.4 is 10.6 Å². The molecule has 2 N–H and O–H groups in total. The van der Waals surface area contributed by atoms with Crippen molar-refractivity contribution in [1.29, 1.82) is 0 Å². The summed E-state index contributed by atoms with van der Waals surface area (Å²) in [5.74, 6) is -6.50. The van der Waals surface area contributed by atoms with E-state index in [2.05, 4.69) is 10.6 Å². The van der Waals surface area contributed by atoms with Gasteiger partial charge < -0.3 is 10.6 Å². The number of nitrogens with one attached hydrogen (secondary N) is 2. The molecule has 2 atom stereocenters. The van der Waals surface area contributed by atoms with Crippen LogP contribution in [0.4, 0.5) is 39.6 Å². The van der Waals surface area contributed by atoms with Crippen molar-refractivity contribution in [1.82, 2.24) is 0 Å². The van der Waals surface area contributed by atoms with Gasteiger partial charge in [-0.25, -0.2) is 8.78 Å². The number of amides is 2. The summed E-state index contributed by atoms with van der Waals surface area (Å²) < 4.78 is 91.8. The summed E-state index contributed by atoms with van der Waals surface area (Å²) in [4.78, 5) is 23.3. The van der Waals surface area contributed by atoms with Crippen LogP contribution in [0.3, 0.4) is 0 Å². The quantitative estimate of drug-likeness (QED) is 0.205. The van der Waals surface area contributed by atoms with Gasteiger partial charge in [0, 0.05) is 22.7 Å². The first-order valence-electron chi connectivity index (χ1n) is 10.5. The van der Waals surface area contributed by atoms with E-state index in [1.165, 1.54) is 12.1 Å². The Morgan fingerprint density at radius 2 is 1.51 bits per heavy atom. The Morgan fingerprint density at radius 1 is 0.846 bits per heavy atom. The maximum atomic E-state index is 13.9. The van der Waals surface area contributed by atoms with Crippen LogP contribution in [-0.4, -0.2) is 16.1 Å². The van der Waals surface area contributed by atoms with Crippen molar-refractivity contribution in [2.45, 2.75) is 15.1 Å². The number of alkyl halides is 2. The average molecular weight is 656 g/mol. The number of hydrogen-bond donors (Lipinski definition) is 2. The van der Waals surface area contributed by atoms with Crippen molar-refractivity contribution >= 4 is 79.8 Å². The first-order chi connectivity index (χ1) is 17.7. The first kappa shape index (κ1) is 29.6. The van der Waals surface area contributed by atoms with Gasteiger partial charge in [-0.2, -0.15) is 0 Å². The summed E-state index contributed by atoms with van der Waals surface area (Å²) in [6, 6.07) is 7.16. The van der Waals surface area contributed by atoms with Crippen LogP contribution in [0, 0.1) is 17.6 Å². The summed E-state index contributed by atoms with van der Waals surface area (Å²) in [6.45, 7) is 0. The van der Waals surface area contributed by atoms with E-state index in [0.29, 0.717) is 6.07 Å². The smallest absolute Gasteiger partial charge is 0.310 e. The number of halogens is 11. The highest BCUT2D eigenvalue weighted by molar-refractivity contribution is 8.45. The molecule has 1 aliphatic carbocycles. The van der Waals surface area contributed by atoms with Gasteiger partial charge in [0.2, 0.25) is 5.91 Å². The van der Waals surface area contributed by atoms with E-state index in [1.807, 2.05) is 0 Å². The highest BCUT2D eigenvalue weighted by Gasteiger charge is 2.69. The Bertz CT molecular complexity index is 1540. The summed E-state index contributed by atoms with van der Waals surface area (Å²) in [5, 5.41) is 3.79. The van der Waals surface area contributed by atoms with Crippen molar-refractivity contribution in [3.05, 3.63) is 87.4 Å². The van der Waals surface area contributed by atoms with Gasteiger partial charge in [0.15, 0.2) is 0 Å². The number of carbonyl (C=O) groups excluding carboxylic acids is 2. The van der Waals surface area contributed by atoms with Crippen molar-refractivity contribution in [2.24, 2.45) is 5.92 Å². The van der Waals surface area contributed by atoms with Crippen LogP contribution in [-0.2, 0) is 4.79 Å². The largest absolute Gasteiger partial charge is 0.326 e. The lowest BCUT2D eigenvalue weighted by Crippen LogP contribution is -2.18. The molecule has 4 rings (SSSR count). The lowest BCUT2D eigenvalue weighted by Gasteiger charge is -2.40. The highest BCUT2D eigenvalue weighted by Crippen LogP contribution is 3.02. The van der Waals surface area contributed by atoms with Gasteiger partial charge in [-0.05, 0) is 54.1 Å². The van der Waals surface area contributed by atoms with Gasteiger partial charge >= 0.3 is 10.2 Å². The molecule has 0 saturated heterocycles. The fraction of sp³-hybridized carbons (Fsp3) is 0.130. The van der Waals surface area contributed by atoms with Gasteiger partial charge in [-0.3, -0.25) is 9.59 Å². The summed E-state index contributed by atoms with van der Waals surface area (Å²) in [6.07, 6.45) is 0. The third-order valence-corrected chi connectivity index (χ3v) is 8.31. The molecule has 0 heterocycles. The van der Waals surface area contributed by atoms with Crippen LogP contribution in [0.15, 0.2) is 59.5 Å². The van der Waals surface area contributed by atoms with Gasteiger partial charge in [0.1, 0.15) is 20.9 Å². The summed E-state index contributed by atoms with van der Waals surface area (Å²) >= 11 is 24.0. The molecule has 1 saturated carbocycles. The predicted octanol–water partition coefficient (Wildman–Crippen LogP) is 9.71. The summed E-state index contributed by atoms with van der Waals surface area (Å²) in [5.41, 5.74) is -1.06. The number of rotatable bonds is 6. The monoisotopic (exact) mass is 654 g/mol. The second kappa shape index (κ2) is 9.07. The van der Waals surface area contributed by atoms with Crippen LogP contribution in [0.5, 0.6) is 0 Å². The van der Waals surface area contributed by atoms with E-state index in [0.717, 1.165) is 24.3 Å². The fourth-order valence-corrected chi connectivity index (χ4v) is 5.88. The molecule has 3 aromatic carbocycles. The van der Waals surface area contributed by atoms with Gasteiger partial charge in [0.05, 0.1) is 22.2 Å². The summed E-state index contributed by atoms with van der Waals surface area (Å²) in [7, 11) is -10.1. The molecule has 0 unspecified atom stereocenters. The Labute approximate surface area is 236 Å². The molecule has 0 spiro atoms. The van der Waals surface area contributed by atoms with E-state index < -0.39 is 65.3 Å². The van der Waals surface area contributed by atoms with Crippen molar-refractivity contribution in [2.75, 3.05) is 10.6 Å². The molecule has 0 bridgehead atoms. The minimum atomic E-state index is -10.1. The van der Waals surface area contributed by atoms with Crippen molar-refractivity contribution < 1.29 is 37.8 Å². The molecule has 4 nitrogen and oxygen atoms in total. The molecule has 39 heavy (non-hydrogen) atoms. The maximum absolute atomic E-state index is 13.9. The molecule has 0 aromatic heterocycles. The minimum absolute atomic E-state index is 0.0392. The van der Waals surface area contributed by atoms with E-state index in [-0.39, 0.29) is 34.1 Å². The van der Waals surface area contributed by atoms with Gasteiger partial charge in [0.25, 0.3) is 5.91 Å². The standard InChI is InChI=1S/C23H13Cl4F7N2O2S/c24-11-5-10(6-14(7-11)39(30,31,32,33)34)19-20(23(19,26)27)22(38)35-13-2-3-16(25)15(9-13)21(37)36-18-4-1-12(28)8-17(18)29/h1-9,19-20H,(H,35,38)(H,36,37)/t19-,20+/m0/s1. The fourth-order valence-electron chi connectivity index (χ4n) is 3.83. The average Bonchev–Trinajstić information content (AvgIpc) is 3.37. The molecule has 0 aliphatic heterocycles. The Kier molecular flexibility index (Phi) is 6.88. The topological polar surface area (TPSA) is 58.2 Å². The van der Waals surface area contributed by atoms with Crippen LogP contribution in [0.2, 0.25) is 10.0 Å². The number of carbonyl (C=O) groups is 2. The van der Waals surface area contributed by atoms with Crippen molar-refractivity contribution in [3.63, 3.8) is 0 Å². The van der Waals surface area contributed by atoms with Gasteiger partial charge in [-0.1, -0.05) is 42.6 Å². The van der Waals surface area contributed by atoms with Crippen molar-refractivity contribution in [3.8, 4) is 0 Å². The third-order valence-electron chi connectivity index (χ3n) is 5.69. The van der Waals surface area contributed by atoms with Crippen LogP contribution in [0.25, 0.3) is 0 Å². The Balaban J connectivity index is 1.56. The molecular weight excluding hydrogens is 643 g/mol. The molecule has 1 aliphatic rings. The van der Waals surface area contributed by atoms with E-state index >= 15 is 0 Å². The first-order valence-corrected chi connectivity index (χ1v) is 13.9.